The summed E-state index contributed by atoms with van der Waals surface area (Å²) in [6.45, 7) is 8.64. The minimum atomic E-state index is -3.75. The van der Waals surface area contributed by atoms with Gasteiger partial charge in [-0.3, -0.25) is 14.9 Å². The van der Waals surface area contributed by atoms with E-state index in [0.29, 0.717) is 17.9 Å². The predicted octanol–water partition coefficient (Wildman–Crippen LogP) is 4.67. The molecule has 2 bridgehead atoms. The SMILES string of the molecule is CCOC(=O)c1cc([N+](=O)[O-])sc1NC(=O)c1ccc(S(=O)(=O)N2C[C@]3(C)C[C@@H]2CC(C)(C)C3)cc1. The van der Waals surface area contributed by atoms with E-state index in [1.807, 2.05) is 0 Å². The molecular formula is C24H29N3O7S2. The summed E-state index contributed by atoms with van der Waals surface area (Å²) in [5, 5.41) is 13.3. The smallest absolute Gasteiger partial charge is 0.341 e. The van der Waals surface area contributed by atoms with Gasteiger partial charge in [-0.15, -0.1) is 0 Å². The summed E-state index contributed by atoms with van der Waals surface area (Å²) in [5.41, 5.74) is 0.0494. The number of amides is 1. The van der Waals surface area contributed by atoms with E-state index in [4.69, 9.17) is 4.74 Å². The number of thiophene rings is 1. The van der Waals surface area contributed by atoms with Crippen LogP contribution in [0.4, 0.5) is 10.0 Å². The van der Waals surface area contributed by atoms with Crippen molar-refractivity contribution in [2.75, 3.05) is 18.5 Å². The largest absolute Gasteiger partial charge is 0.462 e. The van der Waals surface area contributed by atoms with E-state index in [0.717, 1.165) is 25.3 Å². The maximum Gasteiger partial charge on any atom is 0.341 e. The number of benzene rings is 1. The van der Waals surface area contributed by atoms with Crippen LogP contribution in [0.15, 0.2) is 35.2 Å². The number of carbonyl (C=O) groups is 2. The van der Waals surface area contributed by atoms with Gasteiger partial charge in [0.15, 0.2) is 0 Å². The number of rotatable bonds is 7. The molecule has 1 aromatic heterocycles. The van der Waals surface area contributed by atoms with Crippen LogP contribution in [-0.4, -0.2) is 48.7 Å². The third kappa shape index (κ3) is 5.02. The van der Waals surface area contributed by atoms with Crippen molar-refractivity contribution in [3.05, 3.63) is 51.6 Å². The summed E-state index contributed by atoms with van der Waals surface area (Å²) in [5.74, 6) is -1.42. The Labute approximate surface area is 213 Å². The van der Waals surface area contributed by atoms with Gasteiger partial charge in [0.25, 0.3) is 5.91 Å². The van der Waals surface area contributed by atoms with Crippen LogP contribution < -0.4 is 5.32 Å². The van der Waals surface area contributed by atoms with Gasteiger partial charge >= 0.3 is 11.0 Å². The monoisotopic (exact) mass is 535 g/mol. The molecule has 1 saturated carbocycles. The molecule has 12 heteroatoms. The van der Waals surface area contributed by atoms with Crippen LogP contribution in [0.2, 0.25) is 0 Å². The minimum absolute atomic E-state index is 0.0120. The Bertz CT molecular complexity index is 1320. The van der Waals surface area contributed by atoms with Crippen molar-refractivity contribution in [1.29, 1.82) is 0 Å². The number of hydrogen-bond acceptors (Lipinski definition) is 8. The van der Waals surface area contributed by atoms with Crippen LogP contribution >= 0.6 is 11.3 Å². The summed E-state index contributed by atoms with van der Waals surface area (Å²) in [6, 6.07) is 6.57. The standard InChI is InChI=1S/C24H29N3O7S2/c1-5-34-22(29)18-10-19(27(30)31)35-21(18)25-20(28)15-6-8-17(9-7-15)36(32,33)26-14-24(4)12-16(26)11-23(2,3)13-24/h6-10,16H,5,11-14H2,1-4H3,(H,25,28)/t16-,24+/m0/s1. The summed E-state index contributed by atoms with van der Waals surface area (Å²) in [6.07, 6.45) is 2.61. The molecule has 1 amide bonds. The van der Waals surface area contributed by atoms with Gasteiger partial charge in [-0.2, -0.15) is 4.31 Å². The van der Waals surface area contributed by atoms with E-state index in [1.54, 1.807) is 11.2 Å². The molecule has 1 N–H and O–H groups in total. The normalized spacial score (nSPS) is 23.3. The highest BCUT2D eigenvalue weighted by Crippen LogP contribution is 2.53. The molecule has 2 atom stereocenters. The van der Waals surface area contributed by atoms with E-state index in [-0.39, 0.29) is 49.5 Å². The second-order valence-corrected chi connectivity index (χ2v) is 13.5. The zero-order valence-corrected chi connectivity index (χ0v) is 22.2. The molecule has 36 heavy (non-hydrogen) atoms. The highest BCUT2D eigenvalue weighted by molar-refractivity contribution is 7.89. The quantitative estimate of drug-likeness (QED) is 0.309. The summed E-state index contributed by atoms with van der Waals surface area (Å²) >= 11 is 0.643. The number of anilines is 1. The van der Waals surface area contributed by atoms with Gasteiger partial charge in [0.1, 0.15) is 10.6 Å². The Morgan fingerprint density at radius 2 is 1.89 bits per heavy atom. The fraction of sp³-hybridized carbons (Fsp3) is 0.500. The molecule has 1 aliphatic carbocycles. The Morgan fingerprint density at radius 3 is 2.50 bits per heavy atom. The highest BCUT2D eigenvalue weighted by atomic mass is 32.2. The topological polar surface area (TPSA) is 136 Å². The molecule has 1 saturated heterocycles. The lowest BCUT2D eigenvalue weighted by Gasteiger charge is -2.39. The van der Waals surface area contributed by atoms with Gasteiger partial charge in [-0.05, 0) is 72.6 Å². The maximum atomic E-state index is 13.5. The Balaban J connectivity index is 1.54. The Kier molecular flexibility index (Phi) is 6.73. The first-order valence-electron chi connectivity index (χ1n) is 11.6. The van der Waals surface area contributed by atoms with Crippen LogP contribution in [-0.2, 0) is 14.8 Å². The molecule has 10 nitrogen and oxygen atoms in total. The lowest BCUT2D eigenvalue weighted by atomic mass is 9.65. The van der Waals surface area contributed by atoms with Crippen LogP contribution in [0, 0.1) is 20.9 Å². The number of hydrogen-bond donors (Lipinski definition) is 1. The van der Waals surface area contributed by atoms with Crippen LogP contribution in [0.1, 0.15) is 67.7 Å². The zero-order valence-electron chi connectivity index (χ0n) is 20.6. The Morgan fingerprint density at radius 1 is 1.22 bits per heavy atom. The first-order valence-corrected chi connectivity index (χ1v) is 13.9. The molecule has 4 rings (SSSR count). The highest BCUT2D eigenvalue weighted by Gasteiger charge is 2.53. The molecule has 0 spiro atoms. The number of nitrogens with one attached hydrogen (secondary N) is 1. The molecule has 2 aliphatic rings. The minimum Gasteiger partial charge on any atom is -0.462 e. The van der Waals surface area contributed by atoms with E-state index < -0.39 is 26.8 Å². The van der Waals surface area contributed by atoms with E-state index >= 15 is 0 Å². The van der Waals surface area contributed by atoms with Gasteiger partial charge < -0.3 is 10.1 Å². The van der Waals surface area contributed by atoms with Crippen molar-refractivity contribution in [2.24, 2.45) is 10.8 Å². The maximum absolute atomic E-state index is 13.5. The lowest BCUT2D eigenvalue weighted by Crippen LogP contribution is -2.37. The molecule has 2 heterocycles. The second kappa shape index (κ2) is 9.24. The average molecular weight is 536 g/mol. The van der Waals surface area contributed by atoms with E-state index in [1.165, 1.54) is 24.3 Å². The van der Waals surface area contributed by atoms with Crippen LogP contribution in [0.3, 0.4) is 0 Å². The first-order chi connectivity index (χ1) is 16.7. The number of nitro groups is 1. The van der Waals surface area contributed by atoms with Gasteiger partial charge in [0, 0.05) is 24.2 Å². The van der Waals surface area contributed by atoms with Gasteiger partial charge in [-0.1, -0.05) is 20.8 Å². The zero-order chi connectivity index (χ0) is 26.5. The summed E-state index contributed by atoms with van der Waals surface area (Å²) in [7, 11) is -3.75. The van der Waals surface area contributed by atoms with Gasteiger partial charge in [0.2, 0.25) is 10.0 Å². The average Bonchev–Trinajstić information content (AvgIpc) is 3.31. The lowest BCUT2D eigenvalue weighted by molar-refractivity contribution is -0.380. The Hall–Kier alpha value is -2.83. The second-order valence-electron chi connectivity index (χ2n) is 10.5. The van der Waals surface area contributed by atoms with Gasteiger partial charge in [-0.25, -0.2) is 13.2 Å². The third-order valence-electron chi connectivity index (χ3n) is 6.71. The predicted molar refractivity (Wildman–Crippen MR) is 135 cm³/mol. The number of carbonyl (C=O) groups excluding carboxylic acids is 2. The van der Waals surface area contributed by atoms with Crippen molar-refractivity contribution >= 4 is 43.2 Å². The summed E-state index contributed by atoms with van der Waals surface area (Å²) in [4.78, 5) is 35.6. The number of esters is 1. The molecule has 194 valence electrons. The van der Waals surface area contributed by atoms with Gasteiger partial charge in [0.05, 0.1) is 16.4 Å². The van der Waals surface area contributed by atoms with Crippen molar-refractivity contribution in [2.45, 2.75) is 57.9 Å². The number of ether oxygens (including phenoxy) is 1. The molecule has 1 aliphatic heterocycles. The first kappa shape index (κ1) is 26.2. The third-order valence-corrected chi connectivity index (χ3v) is 9.63. The van der Waals surface area contributed by atoms with Crippen molar-refractivity contribution in [1.82, 2.24) is 4.31 Å². The van der Waals surface area contributed by atoms with Crippen LogP contribution in [0.5, 0.6) is 0 Å². The van der Waals surface area contributed by atoms with Crippen molar-refractivity contribution < 1.29 is 27.7 Å². The number of nitrogens with zero attached hydrogens (tertiary/aromatic N) is 2. The molecule has 2 aromatic rings. The van der Waals surface area contributed by atoms with Crippen molar-refractivity contribution in [3.63, 3.8) is 0 Å². The molecule has 0 unspecified atom stereocenters. The summed E-state index contributed by atoms with van der Waals surface area (Å²) < 4.78 is 33.5. The molecule has 0 radical (unpaired) electrons. The van der Waals surface area contributed by atoms with E-state index in [9.17, 15) is 28.1 Å². The van der Waals surface area contributed by atoms with E-state index in [2.05, 4.69) is 26.1 Å². The van der Waals surface area contributed by atoms with Crippen molar-refractivity contribution in [3.8, 4) is 0 Å². The van der Waals surface area contributed by atoms with Crippen LogP contribution in [0.25, 0.3) is 0 Å². The fourth-order valence-corrected chi connectivity index (χ4v) is 8.33. The number of fused-ring (bicyclic) bond motifs is 2. The fourth-order valence-electron chi connectivity index (χ4n) is 5.70. The molecule has 1 aromatic carbocycles. The number of sulfonamides is 1. The molecule has 2 fully saturated rings. The molecular weight excluding hydrogens is 506 g/mol.